The van der Waals surface area contributed by atoms with Crippen molar-refractivity contribution in [2.75, 3.05) is 0 Å². The highest BCUT2D eigenvalue weighted by Crippen LogP contribution is 1.91. The van der Waals surface area contributed by atoms with Crippen LogP contribution in [0.5, 0.6) is 0 Å². The standard InChI is InChI=1S/C4H5N3O2/c1-2-6-4(3(5)8)9-7-2/h1H3,(H2,5,8). The van der Waals surface area contributed by atoms with E-state index in [-0.39, 0.29) is 5.89 Å². The molecule has 0 saturated carbocycles. The van der Waals surface area contributed by atoms with E-state index in [1.54, 1.807) is 6.92 Å². The molecule has 0 unspecified atom stereocenters. The first-order valence-electron chi connectivity index (χ1n) is 2.30. The van der Waals surface area contributed by atoms with Gasteiger partial charge in [-0.25, -0.2) is 0 Å². The van der Waals surface area contributed by atoms with Crippen LogP contribution in [0.3, 0.4) is 0 Å². The van der Waals surface area contributed by atoms with E-state index >= 15 is 0 Å². The van der Waals surface area contributed by atoms with Crippen molar-refractivity contribution in [3.05, 3.63) is 11.7 Å². The fourth-order valence-corrected chi connectivity index (χ4v) is 0.397. The minimum Gasteiger partial charge on any atom is -0.361 e. The van der Waals surface area contributed by atoms with Crippen LogP contribution in [-0.2, 0) is 0 Å². The lowest BCUT2D eigenvalue weighted by Crippen LogP contribution is -2.10. The Morgan fingerprint density at radius 1 is 1.78 bits per heavy atom. The molecule has 0 aliphatic carbocycles. The van der Waals surface area contributed by atoms with E-state index < -0.39 is 5.91 Å². The van der Waals surface area contributed by atoms with E-state index in [4.69, 9.17) is 5.73 Å². The Morgan fingerprint density at radius 2 is 2.44 bits per heavy atom. The molecule has 1 rings (SSSR count). The molecule has 0 atom stereocenters. The molecule has 0 aromatic carbocycles. The fraction of sp³-hybridized carbons (Fsp3) is 0.250. The van der Waals surface area contributed by atoms with E-state index in [9.17, 15) is 4.79 Å². The number of rotatable bonds is 1. The Kier molecular flexibility index (Phi) is 1.18. The molecular weight excluding hydrogens is 122 g/mol. The number of amides is 1. The molecule has 0 bridgehead atoms. The molecule has 0 aliphatic rings. The molecule has 0 saturated heterocycles. The quantitative estimate of drug-likeness (QED) is 0.550. The summed E-state index contributed by atoms with van der Waals surface area (Å²) in [5.41, 5.74) is 4.79. The van der Waals surface area contributed by atoms with Crippen LogP contribution in [0.4, 0.5) is 0 Å². The van der Waals surface area contributed by atoms with Crippen molar-refractivity contribution in [2.45, 2.75) is 6.92 Å². The monoisotopic (exact) mass is 127 g/mol. The summed E-state index contributed by atoms with van der Waals surface area (Å²) in [6.45, 7) is 1.61. The van der Waals surface area contributed by atoms with Crippen LogP contribution < -0.4 is 5.73 Å². The molecule has 1 aromatic heterocycles. The molecule has 9 heavy (non-hydrogen) atoms. The molecule has 5 nitrogen and oxygen atoms in total. The number of primary amides is 1. The van der Waals surface area contributed by atoms with Crippen LogP contribution in [0, 0.1) is 6.92 Å². The van der Waals surface area contributed by atoms with Crippen LogP contribution in [-0.4, -0.2) is 16.0 Å². The average Bonchev–Trinajstić information content (AvgIpc) is 2.14. The van der Waals surface area contributed by atoms with E-state index in [1.165, 1.54) is 0 Å². The van der Waals surface area contributed by atoms with Gasteiger partial charge in [-0.05, 0) is 6.92 Å². The van der Waals surface area contributed by atoms with Gasteiger partial charge in [0, 0.05) is 0 Å². The molecule has 0 fully saturated rings. The molecule has 2 N–H and O–H groups in total. The van der Waals surface area contributed by atoms with E-state index in [0.29, 0.717) is 5.82 Å². The number of carbonyl (C=O) groups excluding carboxylic acids is 1. The number of nitrogens with two attached hydrogens (primary N) is 1. The summed E-state index contributed by atoms with van der Waals surface area (Å²) in [6, 6.07) is 0. The lowest BCUT2D eigenvalue weighted by molar-refractivity contribution is 0.0958. The lowest BCUT2D eigenvalue weighted by Gasteiger charge is -1.76. The lowest BCUT2D eigenvalue weighted by atomic mass is 10.6. The Balaban J connectivity index is 2.98. The van der Waals surface area contributed by atoms with Crippen LogP contribution in [0.15, 0.2) is 4.52 Å². The second-order valence-corrected chi connectivity index (χ2v) is 1.51. The molecule has 5 heteroatoms. The van der Waals surface area contributed by atoms with Crippen molar-refractivity contribution in [2.24, 2.45) is 5.73 Å². The Bertz CT molecular complexity index is 229. The van der Waals surface area contributed by atoms with E-state index in [0.717, 1.165) is 0 Å². The van der Waals surface area contributed by atoms with Crippen molar-refractivity contribution in [3.8, 4) is 0 Å². The highest BCUT2D eigenvalue weighted by Gasteiger charge is 2.06. The minimum atomic E-state index is -0.699. The van der Waals surface area contributed by atoms with Crippen molar-refractivity contribution >= 4 is 5.91 Å². The zero-order chi connectivity index (χ0) is 6.85. The summed E-state index contributed by atoms with van der Waals surface area (Å²) in [7, 11) is 0. The van der Waals surface area contributed by atoms with Gasteiger partial charge in [-0.15, -0.1) is 0 Å². The first-order chi connectivity index (χ1) is 4.20. The highest BCUT2D eigenvalue weighted by molar-refractivity contribution is 5.87. The third kappa shape index (κ3) is 1.04. The van der Waals surface area contributed by atoms with E-state index in [1.807, 2.05) is 0 Å². The predicted molar refractivity (Wildman–Crippen MR) is 27.6 cm³/mol. The highest BCUT2D eigenvalue weighted by atomic mass is 16.5. The van der Waals surface area contributed by atoms with Crippen molar-refractivity contribution in [3.63, 3.8) is 0 Å². The van der Waals surface area contributed by atoms with Crippen LogP contribution in [0.2, 0.25) is 0 Å². The molecule has 0 spiro atoms. The van der Waals surface area contributed by atoms with Gasteiger partial charge in [0.2, 0.25) is 0 Å². The summed E-state index contributed by atoms with van der Waals surface area (Å²) in [6.07, 6.45) is 0. The predicted octanol–water partition coefficient (Wildman–Crippen LogP) is -0.523. The van der Waals surface area contributed by atoms with Gasteiger partial charge in [0.1, 0.15) is 0 Å². The molecule has 48 valence electrons. The Morgan fingerprint density at radius 3 is 2.67 bits per heavy atom. The van der Waals surface area contributed by atoms with Gasteiger partial charge < -0.3 is 10.3 Å². The second-order valence-electron chi connectivity index (χ2n) is 1.51. The third-order valence-corrected chi connectivity index (χ3v) is 0.738. The number of hydrogen-bond donors (Lipinski definition) is 1. The first-order valence-corrected chi connectivity index (χ1v) is 2.30. The van der Waals surface area contributed by atoms with Gasteiger partial charge in [0.25, 0.3) is 0 Å². The topological polar surface area (TPSA) is 82.0 Å². The van der Waals surface area contributed by atoms with Gasteiger partial charge in [0.15, 0.2) is 5.82 Å². The van der Waals surface area contributed by atoms with Gasteiger partial charge >= 0.3 is 11.8 Å². The molecule has 0 radical (unpaired) electrons. The molecule has 1 amide bonds. The van der Waals surface area contributed by atoms with Gasteiger partial charge in [0.05, 0.1) is 0 Å². The smallest absolute Gasteiger partial charge is 0.315 e. The summed E-state index contributed by atoms with van der Waals surface area (Å²) in [4.78, 5) is 13.8. The fourth-order valence-electron chi connectivity index (χ4n) is 0.397. The summed E-state index contributed by atoms with van der Waals surface area (Å²) >= 11 is 0. The maximum absolute atomic E-state index is 10.2. The average molecular weight is 127 g/mol. The van der Waals surface area contributed by atoms with Gasteiger partial charge in [-0.1, -0.05) is 5.16 Å². The summed E-state index contributed by atoms with van der Waals surface area (Å²) in [5.74, 6) is -0.438. The maximum atomic E-state index is 10.2. The van der Waals surface area contributed by atoms with Crippen molar-refractivity contribution in [1.29, 1.82) is 0 Å². The largest absolute Gasteiger partial charge is 0.361 e. The number of aromatic nitrogens is 2. The molecule has 0 aliphatic heterocycles. The van der Waals surface area contributed by atoms with Crippen LogP contribution in [0.25, 0.3) is 0 Å². The Hall–Kier alpha value is -1.39. The number of nitrogens with zero attached hydrogens (tertiary/aromatic N) is 2. The third-order valence-electron chi connectivity index (χ3n) is 0.738. The summed E-state index contributed by atoms with van der Waals surface area (Å²) < 4.78 is 4.39. The molecular formula is C4H5N3O2. The van der Waals surface area contributed by atoms with Gasteiger partial charge in [-0.3, -0.25) is 4.79 Å². The van der Waals surface area contributed by atoms with Gasteiger partial charge in [-0.2, -0.15) is 4.98 Å². The first kappa shape index (κ1) is 5.74. The number of aryl methyl sites for hydroxylation is 1. The van der Waals surface area contributed by atoms with Crippen LogP contribution in [0.1, 0.15) is 16.5 Å². The minimum absolute atomic E-state index is 0.146. The van der Waals surface area contributed by atoms with Crippen LogP contribution >= 0.6 is 0 Å². The van der Waals surface area contributed by atoms with Crippen molar-refractivity contribution < 1.29 is 9.32 Å². The van der Waals surface area contributed by atoms with E-state index in [2.05, 4.69) is 14.7 Å². The number of hydrogen-bond acceptors (Lipinski definition) is 4. The molecule has 1 heterocycles. The zero-order valence-corrected chi connectivity index (χ0v) is 4.79. The maximum Gasteiger partial charge on any atom is 0.315 e. The SMILES string of the molecule is Cc1noc(C(N)=O)n1. The Labute approximate surface area is 50.8 Å². The van der Waals surface area contributed by atoms with Crippen molar-refractivity contribution in [1.82, 2.24) is 10.1 Å². The number of carbonyl (C=O) groups is 1. The zero-order valence-electron chi connectivity index (χ0n) is 4.79. The second kappa shape index (κ2) is 1.85. The normalized spacial score (nSPS) is 9.44. The summed E-state index contributed by atoms with van der Waals surface area (Å²) in [5, 5.41) is 3.35. The molecule has 1 aromatic rings.